The Bertz CT molecular complexity index is 408. The van der Waals surface area contributed by atoms with E-state index in [1.54, 1.807) is 17.8 Å². The third-order valence-corrected chi connectivity index (χ3v) is 2.56. The SMILES string of the molecule is CCCC(C(=O)O)c1c(C(=O)O)ccn1C. The fraction of sp³-hybridized carbons (Fsp3) is 0.455. The van der Waals surface area contributed by atoms with Crippen molar-refractivity contribution < 1.29 is 19.8 Å². The third kappa shape index (κ3) is 2.24. The first-order chi connectivity index (χ1) is 7.49. The molecule has 0 aromatic carbocycles. The molecule has 1 heterocycles. The van der Waals surface area contributed by atoms with Gasteiger partial charge in [-0.25, -0.2) is 4.79 Å². The predicted octanol–water partition coefficient (Wildman–Crippen LogP) is 1.69. The van der Waals surface area contributed by atoms with Crippen LogP contribution in [0, 0.1) is 0 Å². The minimum atomic E-state index is -1.09. The summed E-state index contributed by atoms with van der Waals surface area (Å²) < 4.78 is 1.57. The van der Waals surface area contributed by atoms with Gasteiger partial charge < -0.3 is 14.8 Å². The van der Waals surface area contributed by atoms with Crippen molar-refractivity contribution in [1.82, 2.24) is 4.57 Å². The van der Waals surface area contributed by atoms with Gasteiger partial charge in [-0.3, -0.25) is 4.79 Å². The van der Waals surface area contributed by atoms with Gasteiger partial charge in [0, 0.05) is 18.9 Å². The molecular weight excluding hydrogens is 210 g/mol. The van der Waals surface area contributed by atoms with E-state index in [-0.39, 0.29) is 5.56 Å². The van der Waals surface area contributed by atoms with E-state index >= 15 is 0 Å². The lowest BCUT2D eigenvalue weighted by Gasteiger charge is -2.14. The summed E-state index contributed by atoms with van der Waals surface area (Å²) in [6.07, 6.45) is 2.71. The van der Waals surface area contributed by atoms with E-state index in [0.29, 0.717) is 18.5 Å². The lowest BCUT2D eigenvalue weighted by Crippen LogP contribution is -2.17. The van der Waals surface area contributed by atoms with Gasteiger partial charge in [0.15, 0.2) is 0 Å². The molecule has 0 aliphatic carbocycles. The Morgan fingerprint density at radius 2 is 2.06 bits per heavy atom. The van der Waals surface area contributed by atoms with Crippen molar-refractivity contribution in [3.8, 4) is 0 Å². The predicted molar refractivity (Wildman–Crippen MR) is 57.7 cm³/mol. The molecule has 1 aromatic heterocycles. The second-order valence-electron chi connectivity index (χ2n) is 3.71. The maximum atomic E-state index is 11.1. The van der Waals surface area contributed by atoms with Crippen LogP contribution >= 0.6 is 0 Å². The zero-order valence-corrected chi connectivity index (χ0v) is 9.30. The highest BCUT2D eigenvalue weighted by molar-refractivity contribution is 5.91. The lowest BCUT2D eigenvalue weighted by molar-refractivity contribution is -0.139. The molecule has 0 aliphatic heterocycles. The number of carboxylic acids is 2. The molecule has 0 fully saturated rings. The molecule has 1 atom stereocenters. The average molecular weight is 225 g/mol. The second-order valence-corrected chi connectivity index (χ2v) is 3.71. The van der Waals surface area contributed by atoms with Crippen LogP contribution in [0.2, 0.25) is 0 Å². The topological polar surface area (TPSA) is 79.5 Å². The van der Waals surface area contributed by atoms with Crippen molar-refractivity contribution in [1.29, 1.82) is 0 Å². The molecule has 5 heteroatoms. The number of aryl methyl sites for hydroxylation is 1. The summed E-state index contributed by atoms with van der Waals surface area (Å²) in [7, 11) is 1.66. The van der Waals surface area contributed by atoms with E-state index in [2.05, 4.69) is 0 Å². The fourth-order valence-corrected chi connectivity index (χ4v) is 1.82. The molecule has 16 heavy (non-hydrogen) atoms. The van der Waals surface area contributed by atoms with Crippen LogP contribution in [-0.4, -0.2) is 26.7 Å². The molecule has 0 amide bonds. The summed E-state index contributed by atoms with van der Waals surface area (Å²) in [5.41, 5.74) is 0.435. The van der Waals surface area contributed by atoms with Crippen LogP contribution in [0.5, 0.6) is 0 Å². The Kier molecular flexibility index (Phi) is 3.71. The Labute approximate surface area is 93.3 Å². The maximum absolute atomic E-state index is 11.1. The van der Waals surface area contributed by atoms with Gasteiger partial charge in [-0.2, -0.15) is 0 Å². The highest BCUT2D eigenvalue weighted by Gasteiger charge is 2.27. The number of hydrogen-bond acceptors (Lipinski definition) is 2. The Hall–Kier alpha value is -1.78. The first-order valence-electron chi connectivity index (χ1n) is 5.10. The molecule has 0 aliphatic rings. The minimum absolute atomic E-state index is 0.0725. The van der Waals surface area contributed by atoms with Crippen molar-refractivity contribution in [3.63, 3.8) is 0 Å². The summed E-state index contributed by atoms with van der Waals surface area (Å²) in [5.74, 6) is -2.82. The summed E-state index contributed by atoms with van der Waals surface area (Å²) >= 11 is 0. The van der Waals surface area contributed by atoms with Crippen molar-refractivity contribution in [3.05, 3.63) is 23.5 Å². The van der Waals surface area contributed by atoms with Gasteiger partial charge in [0.05, 0.1) is 11.5 Å². The highest BCUT2D eigenvalue weighted by atomic mass is 16.4. The van der Waals surface area contributed by atoms with Gasteiger partial charge in [-0.15, -0.1) is 0 Å². The Morgan fingerprint density at radius 3 is 2.50 bits per heavy atom. The third-order valence-electron chi connectivity index (χ3n) is 2.56. The number of aromatic nitrogens is 1. The van der Waals surface area contributed by atoms with Gasteiger partial charge in [0.1, 0.15) is 0 Å². The number of carboxylic acid groups (broad SMARTS) is 2. The van der Waals surface area contributed by atoms with Gasteiger partial charge in [0.25, 0.3) is 0 Å². The summed E-state index contributed by atoms with van der Waals surface area (Å²) in [4.78, 5) is 22.1. The molecule has 5 nitrogen and oxygen atoms in total. The average Bonchev–Trinajstić information content (AvgIpc) is 2.56. The monoisotopic (exact) mass is 225 g/mol. The first kappa shape index (κ1) is 12.3. The molecule has 0 bridgehead atoms. The van der Waals surface area contributed by atoms with Gasteiger partial charge in [-0.05, 0) is 12.5 Å². The van der Waals surface area contributed by atoms with Crippen LogP contribution in [0.1, 0.15) is 41.7 Å². The Balaban J connectivity index is 3.21. The molecule has 0 spiro atoms. The number of carbonyl (C=O) groups is 2. The lowest BCUT2D eigenvalue weighted by atomic mass is 9.97. The van der Waals surface area contributed by atoms with E-state index in [1.807, 2.05) is 6.92 Å². The fourth-order valence-electron chi connectivity index (χ4n) is 1.82. The van der Waals surface area contributed by atoms with E-state index in [4.69, 9.17) is 10.2 Å². The van der Waals surface area contributed by atoms with E-state index in [0.717, 1.165) is 0 Å². The summed E-state index contributed by atoms with van der Waals surface area (Å²) in [6, 6.07) is 1.43. The van der Waals surface area contributed by atoms with Crippen LogP contribution in [0.25, 0.3) is 0 Å². The van der Waals surface area contributed by atoms with Crippen molar-refractivity contribution in [2.75, 3.05) is 0 Å². The van der Waals surface area contributed by atoms with E-state index in [1.165, 1.54) is 6.07 Å². The number of hydrogen-bond donors (Lipinski definition) is 2. The molecule has 1 unspecified atom stereocenters. The van der Waals surface area contributed by atoms with Crippen LogP contribution < -0.4 is 0 Å². The molecule has 0 saturated heterocycles. The number of rotatable bonds is 5. The number of aliphatic carboxylic acids is 1. The molecule has 2 N–H and O–H groups in total. The highest BCUT2D eigenvalue weighted by Crippen LogP contribution is 2.25. The maximum Gasteiger partial charge on any atom is 0.337 e. The van der Waals surface area contributed by atoms with Crippen molar-refractivity contribution in [2.45, 2.75) is 25.7 Å². The van der Waals surface area contributed by atoms with Gasteiger partial charge in [-0.1, -0.05) is 13.3 Å². The Morgan fingerprint density at radius 1 is 1.44 bits per heavy atom. The normalized spacial score (nSPS) is 12.4. The molecule has 88 valence electrons. The first-order valence-corrected chi connectivity index (χ1v) is 5.10. The van der Waals surface area contributed by atoms with E-state index < -0.39 is 17.9 Å². The molecule has 0 saturated carbocycles. The molecular formula is C11H15NO4. The second kappa shape index (κ2) is 4.83. The quantitative estimate of drug-likeness (QED) is 0.799. The zero-order valence-electron chi connectivity index (χ0n) is 9.30. The van der Waals surface area contributed by atoms with Crippen LogP contribution in [0.4, 0.5) is 0 Å². The number of nitrogens with zero attached hydrogens (tertiary/aromatic N) is 1. The van der Waals surface area contributed by atoms with Crippen LogP contribution in [-0.2, 0) is 11.8 Å². The molecule has 0 radical (unpaired) electrons. The van der Waals surface area contributed by atoms with Crippen molar-refractivity contribution >= 4 is 11.9 Å². The number of aromatic carboxylic acids is 1. The van der Waals surface area contributed by atoms with Gasteiger partial charge >= 0.3 is 11.9 Å². The van der Waals surface area contributed by atoms with Crippen LogP contribution in [0.3, 0.4) is 0 Å². The van der Waals surface area contributed by atoms with Gasteiger partial charge in [0.2, 0.25) is 0 Å². The summed E-state index contributed by atoms with van der Waals surface area (Å²) in [5, 5.41) is 18.1. The summed E-state index contributed by atoms with van der Waals surface area (Å²) in [6.45, 7) is 1.87. The smallest absolute Gasteiger partial charge is 0.337 e. The largest absolute Gasteiger partial charge is 0.481 e. The molecule has 1 aromatic rings. The minimum Gasteiger partial charge on any atom is -0.481 e. The zero-order chi connectivity index (χ0) is 12.3. The van der Waals surface area contributed by atoms with Crippen LogP contribution in [0.15, 0.2) is 12.3 Å². The van der Waals surface area contributed by atoms with Crippen molar-refractivity contribution in [2.24, 2.45) is 7.05 Å². The van der Waals surface area contributed by atoms with E-state index in [9.17, 15) is 9.59 Å². The molecule has 1 rings (SSSR count). The standard InChI is InChI=1S/C11H15NO4/c1-3-4-7(10(13)14)9-8(11(15)16)5-6-12(9)2/h5-7H,3-4H2,1-2H3,(H,13,14)(H,15,16).